The van der Waals surface area contributed by atoms with Crippen LogP contribution in [-0.4, -0.2) is 31.1 Å². The van der Waals surface area contributed by atoms with Crippen molar-refractivity contribution in [2.24, 2.45) is 23.2 Å². The molecule has 5 rings (SSSR count). The predicted octanol–water partition coefficient (Wildman–Crippen LogP) is 4.29. The first-order valence-electron chi connectivity index (χ1n) is 10.6. The maximum absolute atomic E-state index is 12.9. The lowest BCUT2D eigenvalue weighted by Crippen LogP contribution is -2.53. The number of hydrogen-bond donors (Lipinski definition) is 2. The summed E-state index contributed by atoms with van der Waals surface area (Å²) in [6.45, 7) is -1.22. The SMILES string of the molecule is O=C(CCNC(=O)C12CC3CC(CC(C3)C1)C2)Nc1ccccc1OCC(F)(F)F. The minimum Gasteiger partial charge on any atom is -0.482 e. The van der Waals surface area contributed by atoms with Crippen LogP contribution in [0.25, 0.3) is 0 Å². The van der Waals surface area contributed by atoms with Crippen molar-refractivity contribution >= 4 is 17.5 Å². The molecule has 0 heterocycles. The van der Waals surface area contributed by atoms with Gasteiger partial charge in [0.1, 0.15) is 5.75 Å². The fourth-order valence-corrected chi connectivity index (χ4v) is 5.93. The third-order valence-electron chi connectivity index (χ3n) is 6.71. The Morgan fingerprint density at radius 2 is 1.63 bits per heavy atom. The molecule has 5 nitrogen and oxygen atoms in total. The highest BCUT2D eigenvalue weighted by Gasteiger charge is 2.54. The first-order chi connectivity index (χ1) is 14.2. The summed E-state index contributed by atoms with van der Waals surface area (Å²) < 4.78 is 42.0. The number of benzene rings is 1. The highest BCUT2D eigenvalue weighted by Crippen LogP contribution is 2.60. The maximum atomic E-state index is 12.9. The van der Waals surface area contributed by atoms with Crippen molar-refractivity contribution in [1.82, 2.24) is 5.32 Å². The highest BCUT2D eigenvalue weighted by molar-refractivity contribution is 5.92. The second-order valence-corrected chi connectivity index (χ2v) is 9.15. The number of alkyl halides is 3. The van der Waals surface area contributed by atoms with Crippen LogP contribution in [0.5, 0.6) is 5.75 Å². The first kappa shape index (κ1) is 21.0. The van der Waals surface area contributed by atoms with Crippen LogP contribution >= 0.6 is 0 Å². The van der Waals surface area contributed by atoms with Crippen molar-refractivity contribution in [3.8, 4) is 5.75 Å². The second kappa shape index (κ2) is 8.12. The molecule has 8 heteroatoms. The van der Waals surface area contributed by atoms with E-state index in [9.17, 15) is 22.8 Å². The molecule has 2 N–H and O–H groups in total. The van der Waals surface area contributed by atoms with E-state index in [1.165, 1.54) is 37.5 Å². The largest absolute Gasteiger partial charge is 0.482 e. The lowest BCUT2D eigenvalue weighted by Gasteiger charge is -2.55. The molecule has 0 atom stereocenters. The van der Waals surface area contributed by atoms with Gasteiger partial charge < -0.3 is 15.4 Å². The molecule has 4 aliphatic carbocycles. The zero-order valence-corrected chi connectivity index (χ0v) is 16.8. The molecule has 0 saturated heterocycles. The number of ether oxygens (including phenoxy) is 1. The molecule has 0 spiro atoms. The van der Waals surface area contributed by atoms with Crippen molar-refractivity contribution in [2.45, 2.75) is 51.1 Å². The Balaban J connectivity index is 1.26. The van der Waals surface area contributed by atoms with E-state index in [1.807, 2.05) is 0 Å². The summed E-state index contributed by atoms with van der Waals surface area (Å²) in [5, 5.41) is 5.51. The molecule has 2 amide bonds. The molecule has 1 aromatic carbocycles. The van der Waals surface area contributed by atoms with E-state index in [4.69, 9.17) is 4.74 Å². The molecule has 0 aromatic heterocycles. The maximum Gasteiger partial charge on any atom is 0.422 e. The Morgan fingerprint density at radius 1 is 1.03 bits per heavy atom. The number of halogens is 3. The molecule has 0 unspecified atom stereocenters. The fourth-order valence-electron chi connectivity index (χ4n) is 5.93. The molecule has 4 saturated carbocycles. The van der Waals surface area contributed by atoms with Crippen molar-refractivity contribution in [3.63, 3.8) is 0 Å². The fraction of sp³-hybridized carbons (Fsp3) is 0.636. The summed E-state index contributed by atoms with van der Waals surface area (Å²) in [7, 11) is 0. The average molecular weight is 424 g/mol. The lowest BCUT2D eigenvalue weighted by atomic mass is 9.49. The Morgan fingerprint density at radius 3 is 2.23 bits per heavy atom. The van der Waals surface area contributed by atoms with Gasteiger partial charge in [0.2, 0.25) is 11.8 Å². The van der Waals surface area contributed by atoms with Crippen LogP contribution in [0, 0.1) is 23.2 Å². The summed E-state index contributed by atoms with van der Waals surface area (Å²) >= 11 is 0. The van der Waals surface area contributed by atoms with Gasteiger partial charge in [-0.3, -0.25) is 9.59 Å². The minimum absolute atomic E-state index is 0.0409. The molecule has 4 aliphatic rings. The van der Waals surface area contributed by atoms with E-state index in [0.717, 1.165) is 19.3 Å². The van der Waals surface area contributed by atoms with Crippen LogP contribution in [0.1, 0.15) is 44.9 Å². The topological polar surface area (TPSA) is 67.4 Å². The van der Waals surface area contributed by atoms with Gasteiger partial charge >= 0.3 is 6.18 Å². The van der Waals surface area contributed by atoms with E-state index >= 15 is 0 Å². The van der Waals surface area contributed by atoms with Crippen LogP contribution in [0.4, 0.5) is 18.9 Å². The quantitative estimate of drug-likeness (QED) is 0.686. The van der Waals surface area contributed by atoms with Gasteiger partial charge in [0.25, 0.3) is 0 Å². The van der Waals surface area contributed by atoms with Crippen LogP contribution in [-0.2, 0) is 9.59 Å². The van der Waals surface area contributed by atoms with Crippen LogP contribution in [0.2, 0.25) is 0 Å². The molecule has 30 heavy (non-hydrogen) atoms. The van der Waals surface area contributed by atoms with Gasteiger partial charge in [-0.05, 0) is 68.4 Å². The van der Waals surface area contributed by atoms with E-state index in [-0.39, 0.29) is 41.6 Å². The normalized spacial score (nSPS) is 29.5. The first-order valence-corrected chi connectivity index (χ1v) is 10.6. The molecular weight excluding hydrogens is 397 g/mol. The number of hydrogen-bond acceptors (Lipinski definition) is 3. The third kappa shape index (κ3) is 4.73. The summed E-state index contributed by atoms with van der Waals surface area (Å²) in [6, 6.07) is 5.99. The molecule has 1 aromatic rings. The van der Waals surface area contributed by atoms with Gasteiger partial charge in [0.05, 0.1) is 5.69 Å². The Kier molecular flexibility index (Phi) is 5.68. The van der Waals surface area contributed by atoms with Gasteiger partial charge in [-0.2, -0.15) is 13.2 Å². The summed E-state index contributed by atoms with van der Waals surface area (Å²) in [5.74, 6) is 1.63. The van der Waals surface area contributed by atoms with Gasteiger partial charge in [-0.25, -0.2) is 0 Å². The smallest absolute Gasteiger partial charge is 0.422 e. The summed E-state index contributed by atoms with van der Waals surface area (Å²) in [5.41, 5.74) is -0.0809. The molecule has 0 radical (unpaired) electrons. The van der Waals surface area contributed by atoms with E-state index in [0.29, 0.717) is 17.8 Å². The number of nitrogens with one attached hydrogen (secondary N) is 2. The number of anilines is 1. The van der Waals surface area contributed by atoms with E-state index in [1.54, 1.807) is 6.07 Å². The lowest BCUT2D eigenvalue weighted by molar-refractivity contribution is -0.153. The van der Waals surface area contributed by atoms with E-state index in [2.05, 4.69) is 10.6 Å². The number of amides is 2. The molecule has 4 bridgehead atoms. The summed E-state index contributed by atoms with van der Waals surface area (Å²) in [6.07, 6.45) is 2.23. The Bertz CT molecular complexity index is 774. The zero-order chi connectivity index (χ0) is 21.4. The van der Waals surface area contributed by atoms with Gasteiger partial charge in [-0.15, -0.1) is 0 Å². The molecule has 4 fully saturated rings. The molecule has 0 aliphatic heterocycles. The zero-order valence-electron chi connectivity index (χ0n) is 16.8. The van der Waals surface area contributed by atoms with Crippen molar-refractivity contribution in [1.29, 1.82) is 0 Å². The predicted molar refractivity (Wildman–Crippen MR) is 105 cm³/mol. The standard InChI is InChI=1S/C22H27F3N2O3/c23-22(24,25)13-30-18-4-2-1-3-17(18)27-19(28)5-6-26-20(29)21-10-14-7-15(11-21)9-16(8-14)12-21/h1-4,14-16H,5-13H2,(H,26,29)(H,27,28). The second-order valence-electron chi connectivity index (χ2n) is 9.15. The monoisotopic (exact) mass is 424 g/mol. The number of carbonyl (C=O) groups excluding carboxylic acids is 2. The van der Waals surface area contributed by atoms with Crippen molar-refractivity contribution < 1.29 is 27.5 Å². The number of para-hydroxylation sites is 2. The molecular formula is C22H27F3N2O3. The van der Waals surface area contributed by atoms with Crippen LogP contribution in [0.3, 0.4) is 0 Å². The highest BCUT2D eigenvalue weighted by atomic mass is 19.4. The van der Waals surface area contributed by atoms with Crippen molar-refractivity contribution in [3.05, 3.63) is 24.3 Å². The third-order valence-corrected chi connectivity index (χ3v) is 6.71. The van der Waals surface area contributed by atoms with E-state index < -0.39 is 12.8 Å². The average Bonchev–Trinajstić information content (AvgIpc) is 2.65. The van der Waals surface area contributed by atoms with Crippen LogP contribution < -0.4 is 15.4 Å². The van der Waals surface area contributed by atoms with Crippen molar-refractivity contribution in [2.75, 3.05) is 18.5 Å². The molecule has 164 valence electrons. The van der Waals surface area contributed by atoms with Gasteiger partial charge in [-0.1, -0.05) is 12.1 Å². The Labute approximate surface area is 173 Å². The number of rotatable bonds is 7. The minimum atomic E-state index is -4.46. The summed E-state index contributed by atoms with van der Waals surface area (Å²) in [4.78, 5) is 25.2. The number of carbonyl (C=O) groups is 2. The van der Waals surface area contributed by atoms with Crippen LogP contribution in [0.15, 0.2) is 24.3 Å². The van der Waals surface area contributed by atoms with Gasteiger partial charge in [0.15, 0.2) is 6.61 Å². The van der Waals surface area contributed by atoms with Gasteiger partial charge in [0, 0.05) is 18.4 Å². The Hall–Kier alpha value is -2.25.